The molecule has 0 aromatic carbocycles. The van der Waals surface area contributed by atoms with Crippen LogP contribution in [0.1, 0.15) is 94.9 Å². The van der Waals surface area contributed by atoms with E-state index in [9.17, 15) is 44.7 Å². The van der Waals surface area contributed by atoms with Crippen LogP contribution in [0.3, 0.4) is 0 Å². The number of fused-ring (bicyclic) bond motifs is 5. The summed E-state index contributed by atoms with van der Waals surface area (Å²) in [5, 5.41) is 55.2. The van der Waals surface area contributed by atoms with Gasteiger partial charge in [0.2, 0.25) is 18.2 Å². The molecule has 1 saturated heterocycles. The molecule has 12 nitrogen and oxygen atoms in total. The molecule has 1 heterocycles. The van der Waals surface area contributed by atoms with E-state index in [0.717, 1.165) is 18.6 Å². The molecule has 280 valence electrons. The van der Waals surface area contributed by atoms with Gasteiger partial charge in [-0.15, -0.1) is 0 Å². The molecule has 0 aromatic heterocycles. The van der Waals surface area contributed by atoms with Crippen molar-refractivity contribution < 1.29 is 58.9 Å². The lowest BCUT2D eigenvalue weighted by molar-refractivity contribution is -0.274. The summed E-state index contributed by atoms with van der Waals surface area (Å²) in [5.41, 5.74) is -6.19. The zero-order valence-electron chi connectivity index (χ0n) is 30.9. The second kappa shape index (κ2) is 12.4. The molecule has 14 atom stereocenters. The van der Waals surface area contributed by atoms with Gasteiger partial charge in [0.25, 0.3) is 0 Å². The van der Waals surface area contributed by atoms with Crippen LogP contribution in [0.4, 0.5) is 0 Å². The van der Waals surface area contributed by atoms with Gasteiger partial charge in [-0.3, -0.25) is 19.2 Å². The third kappa shape index (κ3) is 5.77. The standard InChI is InChI=1S/C38H56O12/c1-18-27(43)28(44)29(49-19(2)39)32(48-18)50-23-16-35(7)24-12-11-20-21(15-22(40)31(45)34(20,5)6)37(24,9)26(42)17-36(35,8)30(23)38(10,47)25(41)13-14-33(3,4)46/h11,13-14,18,21-24,27,29-32,40,43,45-47H,12,15-17H2,1-10H3/b14-13+/t18-,21+,22?,23?,24-,27-,29-,30-,31?,32+,35-,36+,37-,38-/m0/s1. The molecule has 12 heteroatoms. The lowest BCUT2D eigenvalue weighted by Gasteiger charge is -2.65. The number of esters is 1. The molecule has 50 heavy (non-hydrogen) atoms. The Morgan fingerprint density at radius 2 is 1.64 bits per heavy atom. The van der Waals surface area contributed by atoms with Gasteiger partial charge in [-0.25, -0.2) is 0 Å². The lowest BCUT2D eigenvalue weighted by Crippen LogP contribution is -2.65. The monoisotopic (exact) mass is 704 g/mol. The van der Waals surface area contributed by atoms with Gasteiger partial charge in [-0.2, -0.15) is 0 Å². The first-order chi connectivity index (χ1) is 22.7. The van der Waals surface area contributed by atoms with Crippen molar-refractivity contribution in [2.45, 2.75) is 149 Å². The lowest BCUT2D eigenvalue weighted by atomic mass is 9.38. The van der Waals surface area contributed by atoms with E-state index in [-0.39, 0.29) is 36.9 Å². The number of carbonyl (C=O) groups excluding carboxylic acids is 4. The number of aliphatic hydroxyl groups is 5. The van der Waals surface area contributed by atoms with Crippen LogP contribution in [-0.2, 0) is 33.4 Å². The average molecular weight is 705 g/mol. The normalized spacial score (nSPS) is 45.6. The van der Waals surface area contributed by atoms with Crippen molar-refractivity contribution in [2.24, 2.45) is 39.4 Å². The molecule has 0 bridgehead atoms. The van der Waals surface area contributed by atoms with Crippen LogP contribution in [0.15, 0.2) is 23.8 Å². The summed E-state index contributed by atoms with van der Waals surface area (Å²) in [6.07, 6.45) is -3.47. The van der Waals surface area contributed by atoms with Crippen molar-refractivity contribution in [3.8, 4) is 0 Å². The molecular formula is C38H56O12. The van der Waals surface area contributed by atoms with Crippen LogP contribution in [-0.4, -0.2) is 103 Å². The summed E-state index contributed by atoms with van der Waals surface area (Å²) in [6, 6.07) is 0. The van der Waals surface area contributed by atoms with E-state index in [0.29, 0.717) is 6.42 Å². The number of ketones is 3. The molecule has 0 amide bonds. The maximum absolute atomic E-state index is 14.8. The second-order valence-corrected chi connectivity index (χ2v) is 17.6. The highest BCUT2D eigenvalue weighted by atomic mass is 16.7. The Labute approximate surface area is 294 Å². The van der Waals surface area contributed by atoms with E-state index in [1.807, 2.05) is 34.6 Å². The second-order valence-electron chi connectivity index (χ2n) is 17.6. The predicted molar refractivity (Wildman–Crippen MR) is 179 cm³/mol. The average Bonchev–Trinajstić information content (AvgIpc) is 3.21. The first-order valence-electron chi connectivity index (χ1n) is 17.7. The SMILES string of the molecule is CC(=O)O[C@H]1C(=O)[C@@H](O)[C@H](C)O[C@@H]1OC1C[C@@]2(C)[C@@H]3CC=C4[C@@H](CC(O)C(O)C4(C)C)[C@]3(C)C(=O)C[C@]2(C)[C@H]1[C@@](C)(O)C(=O)/C=C/C(C)(C)O. The molecule has 1 aliphatic heterocycles. The van der Waals surface area contributed by atoms with Gasteiger partial charge in [0.15, 0.2) is 5.78 Å². The smallest absolute Gasteiger partial charge is 0.303 e. The fraction of sp³-hybridized carbons (Fsp3) is 0.789. The number of aliphatic hydroxyl groups excluding tert-OH is 3. The van der Waals surface area contributed by atoms with E-state index in [2.05, 4.69) is 6.08 Å². The topological polar surface area (TPSA) is 197 Å². The van der Waals surface area contributed by atoms with Crippen LogP contribution < -0.4 is 0 Å². The molecule has 0 aromatic rings. The molecule has 4 fully saturated rings. The molecule has 0 radical (unpaired) electrons. The van der Waals surface area contributed by atoms with Crippen LogP contribution in [0.2, 0.25) is 0 Å². The van der Waals surface area contributed by atoms with Gasteiger partial charge in [-0.1, -0.05) is 52.3 Å². The van der Waals surface area contributed by atoms with E-state index in [1.54, 1.807) is 0 Å². The number of carbonyl (C=O) groups is 4. The zero-order chi connectivity index (χ0) is 37.7. The molecule has 3 unspecified atom stereocenters. The van der Waals surface area contributed by atoms with Gasteiger partial charge in [0.1, 0.15) is 17.5 Å². The van der Waals surface area contributed by atoms with E-state index in [4.69, 9.17) is 14.2 Å². The van der Waals surface area contributed by atoms with Crippen molar-refractivity contribution in [1.82, 2.24) is 0 Å². The highest BCUT2D eigenvalue weighted by Gasteiger charge is 2.75. The number of Topliss-reactive ketones (excluding diaryl/α,β-unsaturated/α-hetero) is 2. The fourth-order valence-corrected chi connectivity index (χ4v) is 10.7. The molecule has 5 rings (SSSR count). The minimum absolute atomic E-state index is 0.0462. The summed E-state index contributed by atoms with van der Waals surface area (Å²) in [4.78, 5) is 54.0. The van der Waals surface area contributed by atoms with Gasteiger partial charge >= 0.3 is 5.97 Å². The third-order valence-electron chi connectivity index (χ3n) is 13.6. The zero-order valence-corrected chi connectivity index (χ0v) is 30.9. The summed E-state index contributed by atoms with van der Waals surface area (Å²) >= 11 is 0. The minimum Gasteiger partial charge on any atom is -0.449 e. The molecule has 0 spiro atoms. The Balaban J connectivity index is 1.65. The minimum atomic E-state index is -2.16. The summed E-state index contributed by atoms with van der Waals surface area (Å²) in [5.74, 6) is -4.19. The summed E-state index contributed by atoms with van der Waals surface area (Å²) < 4.78 is 17.8. The molecule has 5 N–H and O–H groups in total. The Bertz CT molecular complexity index is 1490. The van der Waals surface area contributed by atoms with Gasteiger partial charge in [-0.05, 0) is 75.7 Å². The van der Waals surface area contributed by atoms with Crippen molar-refractivity contribution in [2.75, 3.05) is 0 Å². The number of ether oxygens (including phenoxy) is 3. The Hall–Kier alpha value is -2.32. The quantitative estimate of drug-likeness (QED) is 0.148. The largest absolute Gasteiger partial charge is 0.449 e. The number of hydrogen-bond acceptors (Lipinski definition) is 12. The first-order valence-corrected chi connectivity index (χ1v) is 17.7. The Kier molecular flexibility index (Phi) is 9.64. The Morgan fingerprint density at radius 3 is 2.22 bits per heavy atom. The first kappa shape index (κ1) is 38.9. The molecule has 4 aliphatic carbocycles. The van der Waals surface area contributed by atoms with Crippen molar-refractivity contribution in [3.63, 3.8) is 0 Å². The summed E-state index contributed by atoms with van der Waals surface area (Å²) in [6.45, 7) is 16.5. The van der Waals surface area contributed by atoms with Crippen LogP contribution in [0, 0.1) is 39.4 Å². The highest BCUT2D eigenvalue weighted by molar-refractivity contribution is 5.97. The van der Waals surface area contributed by atoms with Gasteiger partial charge in [0.05, 0.1) is 30.0 Å². The fourth-order valence-electron chi connectivity index (χ4n) is 10.7. The predicted octanol–water partition coefficient (Wildman–Crippen LogP) is 2.35. The molecule has 3 saturated carbocycles. The maximum Gasteiger partial charge on any atom is 0.303 e. The number of hydrogen-bond donors (Lipinski definition) is 5. The van der Waals surface area contributed by atoms with E-state index < -0.39 is 99.2 Å². The maximum atomic E-state index is 14.8. The van der Waals surface area contributed by atoms with Crippen molar-refractivity contribution in [1.29, 1.82) is 0 Å². The molecule has 5 aliphatic rings. The van der Waals surface area contributed by atoms with Gasteiger partial charge < -0.3 is 39.7 Å². The van der Waals surface area contributed by atoms with E-state index >= 15 is 0 Å². The third-order valence-corrected chi connectivity index (χ3v) is 13.6. The highest BCUT2D eigenvalue weighted by Crippen LogP contribution is 2.74. The van der Waals surface area contributed by atoms with Crippen LogP contribution in [0.5, 0.6) is 0 Å². The van der Waals surface area contributed by atoms with E-state index in [1.165, 1.54) is 33.8 Å². The Morgan fingerprint density at radius 1 is 1.02 bits per heavy atom. The van der Waals surface area contributed by atoms with Crippen LogP contribution >= 0.6 is 0 Å². The van der Waals surface area contributed by atoms with Crippen molar-refractivity contribution >= 4 is 23.3 Å². The van der Waals surface area contributed by atoms with Gasteiger partial charge in [0, 0.05) is 30.1 Å². The van der Waals surface area contributed by atoms with Crippen molar-refractivity contribution in [3.05, 3.63) is 23.8 Å². The summed E-state index contributed by atoms with van der Waals surface area (Å²) in [7, 11) is 0. The van der Waals surface area contributed by atoms with Crippen LogP contribution in [0.25, 0.3) is 0 Å². The number of allylic oxidation sites excluding steroid dienone is 1. The number of rotatable bonds is 7. The molecular weight excluding hydrogens is 648 g/mol.